The van der Waals surface area contributed by atoms with Gasteiger partial charge in [0.05, 0.1) is 17.0 Å². The number of terminal acetylenes is 1. The van der Waals surface area contributed by atoms with E-state index in [1.54, 1.807) is 6.08 Å². The minimum Gasteiger partial charge on any atom is -0.412 e. The molecule has 2 N–H and O–H groups in total. The molecule has 0 bridgehead atoms. The third-order valence-electron chi connectivity index (χ3n) is 3.06. The van der Waals surface area contributed by atoms with Gasteiger partial charge in [-0.3, -0.25) is 4.98 Å². The van der Waals surface area contributed by atoms with Gasteiger partial charge in [0.2, 0.25) is 0 Å². The average Bonchev–Trinajstić information content (AvgIpc) is 2.48. The summed E-state index contributed by atoms with van der Waals surface area (Å²) in [7, 11) is 0. The molecule has 24 heavy (non-hydrogen) atoms. The van der Waals surface area contributed by atoms with Crippen LogP contribution in [0.15, 0.2) is 41.3 Å². The Bertz CT molecular complexity index is 670. The van der Waals surface area contributed by atoms with E-state index in [4.69, 9.17) is 6.42 Å². The Labute approximate surface area is 144 Å². The van der Waals surface area contributed by atoms with Crippen molar-refractivity contribution in [1.82, 2.24) is 4.98 Å². The highest BCUT2D eigenvalue weighted by molar-refractivity contribution is 7.99. The van der Waals surface area contributed by atoms with Crippen LogP contribution in [-0.2, 0) is 6.42 Å². The summed E-state index contributed by atoms with van der Waals surface area (Å²) < 4.78 is 37.8. The molecule has 0 spiro atoms. The molecule has 0 saturated carbocycles. The molecule has 0 atom stereocenters. The summed E-state index contributed by atoms with van der Waals surface area (Å²) in [5.74, 6) is 3.10. The van der Waals surface area contributed by atoms with Crippen molar-refractivity contribution in [1.29, 1.82) is 0 Å². The van der Waals surface area contributed by atoms with E-state index in [9.17, 15) is 13.2 Å². The minimum atomic E-state index is -4.41. The Morgan fingerprint density at radius 2 is 2.12 bits per heavy atom. The van der Waals surface area contributed by atoms with E-state index < -0.39 is 11.7 Å². The molecular weight excluding hydrogens is 335 g/mol. The van der Waals surface area contributed by atoms with E-state index in [0.717, 1.165) is 34.7 Å². The average molecular weight is 355 g/mol. The van der Waals surface area contributed by atoms with Crippen LogP contribution >= 0.6 is 11.8 Å². The van der Waals surface area contributed by atoms with Gasteiger partial charge in [0.1, 0.15) is 0 Å². The van der Waals surface area contributed by atoms with Crippen molar-refractivity contribution in [2.24, 2.45) is 0 Å². The first-order valence-corrected chi connectivity index (χ1v) is 7.96. The predicted molar refractivity (Wildman–Crippen MR) is 94.9 cm³/mol. The van der Waals surface area contributed by atoms with Crippen LogP contribution in [0.5, 0.6) is 0 Å². The first kappa shape index (κ1) is 22.0. The van der Waals surface area contributed by atoms with E-state index in [0.29, 0.717) is 11.4 Å². The SMILES string of the molecule is C#CCSc1cc(/C=C/C=C(\C=C)C(F)(F)F)nc(C)c1CC.O. The second-order valence-electron chi connectivity index (χ2n) is 4.64. The summed E-state index contributed by atoms with van der Waals surface area (Å²) in [5.41, 5.74) is 1.77. The van der Waals surface area contributed by atoms with Crippen LogP contribution in [0.4, 0.5) is 13.2 Å². The lowest BCUT2D eigenvalue weighted by Gasteiger charge is -2.10. The Balaban J connectivity index is 0.00000529. The fraction of sp³-hybridized carbons (Fsp3) is 0.278. The van der Waals surface area contributed by atoms with Crippen LogP contribution in [0.2, 0.25) is 0 Å². The minimum absolute atomic E-state index is 0. The molecule has 130 valence electrons. The maximum Gasteiger partial charge on any atom is 0.416 e. The van der Waals surface area contributed by atoms with Gasteiger partial charge < -0.3 is 5.48 Å². The van der Waals surface area contributed by atoms with Gasteiger partial charge in [-0.15, -0.1) is 18.2 Å². The normalized spacial score (nSPS) is 11.9. The third kappa shape index (κ3) is 6.26. The molecule has 1 aromatic heterocycles. The van der Waals surface area contributed by atoms with Crippen molar-refractivity contribution in [3.05, 3.63) is 53.4 Å². The fourth-order valence-corrected chi connectivity index (χ4v) is 2.89. The summed E-state index contributed by atoms with van der Waals surface area (Å²) in [5, 5.41) is 0. The van der Waals surface area contributed by atoms with Gasteiger partial charge in [-0.05, 0) is 37.1 Å². The number of pyridine rings is 1. The number of allylic oxidation sites excluding steroid dienone is 4. The summed E-state index contributed by atoms with van der Waals surface area (Å²) in [4.78, 5) is 5.42. The number of halogens is 3. The topological polar surface area (TPSA) is 44.4 Å². The summed E-state index contributed by atoms with van der Waals surface area (Å²) in [6.45, 7) is 7.09. The lowest BCUT2D eigenvalue weighted by atomic mass is 10.1. The van der Waals surface area contributed by atoms with Crippen LogP contribution in [0.3, 0.4) is 0 Å². The summed E-state index contributed by atoms with van der Waals surface area (Å²) in [6.07, 6.45) is 6.34. The van der Waals surface area contributed by atoms with E-state index in [2.05, 4.69) is 17.5 Å². The standard InChI is InChI=1S/C18H18F3NS.H2O/c1-5-11-23-17-12-15(22-13(4)16(17)7-3)10-8-9-14(6-2)18(19,20)21;/h1,6,8-10,12H,2,7,11H2,3-4H3;1H2/b10-8+,14-9+;. The number of aromatic nitrogens is 1. The third-order valence-corrected chi connectivity index (χ3v) is 4.05. The van der Waals surface area contributed by atoms with E-state index in [1.807, 2.05) is 19.9 Å². The first-order valence-electron chi connectivity index (χ1n) is 6.98. The van der Waals surface area contributed by atoms with Gasteiger partial charge in [0, 0.05) is 10.6 Å². The number of hydrogen-bond acceptors (Lipinski definition) is 2. The molecule has 6 heteroatoms. The Kier molecular flexibility index (Phi) is 9.19. The van der Waals surface area contributed by atoms with Crippen molar-refractivity contribution in [2.75, 3.05) is 5.75 Å². The zero-order valence-corrected chi connectivity index (χ0v) is 14.4. The molecule has 0 saturated heterocycles. The maximum absolute atomic E-state index is 12.6. The van der Waals surface area contributed by atoms with Gasteiger partial charge in [-0.25, -0.2) is 0 Å². The Morgan fingerprint density at radius 1 is 1.46 bits per heavy atom. The predicted octanol–water partition coefficient (Wildman–Crippen LogP) is 4.54. The van der Waals surface area contributed by atoms with Gasteiger partial charge in [-0.1, -0.05) is 31.6 Å². The summed E-state index contributed by atoms with van der Waals surface area (Å²) in [6, 6.07) is 1.85. The molecule has 1 aromatic rings. The van der Waals surface area contributed by atoms with Gasteiger partial charge in [-0.2, -0.15) is 13.2 Å². The quantitative estimate of drug-likeness (QED) is 0.427. The maximum atomic E-state index is 12.6. The number of thioether (sulfide) groups is 1. The number of alkyl halides is 3. The molecule has 0 aliphatic heterocycles. The van der Waals surface area contributed by atoms with Crippen LogP contribution in [0, 0.1) is 19.3 Å². The molecular formula is C18H20F3NOS. The van der Waals surface area contributed by atoms with Gasteiger partial charge >= 0.3 is 6.18 Å². The molecule has 2 nitrogen and oxygen atoms in total. The lowest BCUT2D eigenvalue weighted by molar-refractivity contribution is -0.0881. The highest BCUT2D eigenvalue weighted by atomic mass is 32.2. The Hall–Kier alpha value is -1.97. The van der Waals surface area contributed by atoms with Crippen LogP contribution < -0.4 is 0 Å². The second kappa shape index (κ2) is 10.0. The molecule has 0 aliphatic carbocycles. The van der Waals surface area contributed by atoms with Gasteiger partial charge in [0.15, 0.2) is 0 Å². The number of aryl methyl sites for hydroxylation is 1. The molecule has 1 heterocycles. The van der Waals surface area contributed by atoms with Crippen LogP contribution in [-0.4, -0.2) is 22.4 Å². The van der Waals surface area contributed by atoms with Crippen molar-refractivity contribution in [3.8, 4) is 12.3 Å². The van der Waals surface area contributed by atoms with Crippen molar-refractivity contribution in [3.63, 3.8) is 0 Å². The Morgan fingerprint density at radius 3 is 2.62 bits per heavy atom. The van der Waals surface area contributed by atoms with E-state index >= 15 is 0 Å². The molecule has 0 radical (unpaired) electrons. The smallest absolute Gasteiger partial charge is 0.412 e. The van der Waals surface area contributed by atoms with E-state index in [1.165, 1.54) is 17.8 Å². The van der Waals surface area contributed by atoms with Gasteiger partial charge in [0.25, 0.3) is 0 Å². The second-order valence-corrected chi connectivity index (χ2v) is 5.66. The van der Waals surface area contributed by atoms with Crippen molar-refractivity contribution >= 4 is 17.8 Å². The van der Waals surface area contributed by atoms with Crippen LogP contribution in [0.1, 0.15) is 23.9 Å². The zero-order valence-electron chi connectivity index (χ0n) is 13.6. The lowest BCUT2D eigenvalue weighted by Crippen LogP contribution is -2.09. The van der Waals surface area contributed by atoms with Crippen molar-refractivity contribution < 1.29 is 18.6 Å². The molecule has 0 unspecified atom stereocenters. The number of nitrogens with zero attached hydrogens (tertiary/aromatic N) is 1. The van der Waals surface area contributed by atoms with E-state index in [-0.39, 0.29) is 5.48 Å². The molecule has 0 fully saturated rings. The molecule has 0 aromatic carbocycles. The number of rotatable bonds is 6. The zero-order chi connectivity index (χ0) is 17.5. The molecule has 0 aliphatic rings. The highest BCUT2D eigenvalue weighted by Gasteiger charge is 2.30. The molecule has 1 rings (SSSR count). The summed E-state index contributed by atoms with van der Waals surface area (Å²) >= 11 is 1.53. The number of hydrogen-bond donors (Lipinski definition) is 0. The van der Waals surface area contributed by atoms with Crippen LogP contribution in [0.25, 0.3) is 6.08 Å². The molecule has 0 amide bonds. The first-order chi connectivity index (χ1) is 10.8. The van der Waals surface area contributed by atoms with Crippen molar-refractivity contribution in [2.45, 2.75) is 31.3 Å². The largest absolute Gasteiger partial charge is 0.416 e. The highest BCUT2D eigenvalue weighted by Crippen LogP contribution is 2.27. The monoisotopic (exact) mass is 355 g/mol. The fourth-order valence-electron chi connectivity index (χ4n) is 1.99.